The molecular formula is C10H20N2. The van der Waals surface area contributed by atoms with Gasteiger partial charge in [-0.3, -0.25) is 0 Å². The molecule has 0 saturated carbocycles. The molecule has 2 heteroatoms. The topological polar surface area (TPSA) is 29.3 Å². The Bertz CT molecular complexity index is 183. The summed E-state index contributed by atoms with van der Waals surface area (Å²) in [5.41, 5.74) is 1.38. The van der Waals surface area contributed by atoms with E-state index in [0.717, 1.165) is 0 Å². The predicted molar refractivity (Wildman–Crippen MR) is 54.3 cm³/mol. The molecule has 0 aliphatic heterocycles. The molecule has 0 aliphatic carbocycles. The van der Waals surface area contributed by atoms with Crippen LogP contribution >= 0.6 is 0 Å². The van der Waals surface area contributed by atoms with E-state index in [4.69, 9.17) is 5.84 Å². The van der Waals surface area contributed by atoms with Crippen LogP contribution in [0.1, 0.15) is 27.7 Å². The van der Waals surface area contributed by atoms with Crippen molar-refractivity contribution in [2.75, 3.05) is 7.05 Å². The van der Waals surface area contributed by atoms with Crippen molar-refractivity contribution in [3.63, 3.8) is 0 Å². The molecule has 0 saturated heterocycles. The number of allylic oxidation sites excluding steroid dienone is 3. The molecule has 12 heavy (non-hydrogen) atoms. The van der Waals surface area contributed by atoms with Gasteiger partial charge in [0.15, 0.2) is 0 Å². The summed E-state index contributed by atoms with van der Waals surface area (Å²) in [5.74, 6) is 5.54. The van der Waals surface area contributed by atoms with Gasteiger partial charge in [0.1, 0.15) is 0 Å². The summed E-state index contributed by atoms with van der Waals surface area (Å²) in [6.07, 6.45) is 6.06. The Labute approximate surface area is 75.7 Å². The van der Waals surface area contributed by atoms with E-state index in [1.165, 1.54) is 5.57 Å². The molecule has 0 fully saturated rings. The standard InChI is InChI=1S/C10H20N2/c1-6-7-9(8-12(5)11)10(2,3)4/h6-8H,11H2,1-5H3/b7-6-,9-8+. The molecule has 2 nitrogen and oxygen atoms in total. The van der Waals surface area contributed by atoms with Gasteiger partial charge in [-0.1, -0.05) is 32.9 Å². The lowest BCUT2D eigenvalue weighted by Crippen LogP contribution is -2.21. The number of nitrogens with zero attached hydrogens (tertiary/aromatic N) is 1. The highest BCUT2D eigenvalue weighted by atomic mass is 15.4. The van der Waals surface area contributed by atoms with Gasteiger partial charge in [-0.15, -0.1) is 0 Å². The van der Waals surface area contributed by atoms with E-state index in [0.29, 0.717) is 0 Å². The highest BCUT2D eigenvalue weighted by molar-refractivity contribution is 5.23. The summed E-state index contributed by atoms with van der Waals surface area (Å²) < 4.78 is 0. The van der Waals surface area contributed by atoms with Crippen molar-refractivity contribution >= 4 is 0 Å². The molecule has 0 aromatic heterocycles. The molecule has 0 heterocycles. The average molecular weight is 168 g/mol. The number of nitrogens with two attached hydrogens (primary N) is 1. The molecule has 0 aliphatic rings. The lowest BCUT2D eigenvalue weighted by atomic mass is 9.87. The molecule has 0 amide bonds. The fourth-order valence-electron chi connectivity index (χ4n) is 0.886. The fraction of sp³-hybridized carbons (Fsp3) is 0.600. The van der Waals surface area contributed by atoms with Gasteiger partial charge in [-0.25, -0.2) is 5.84 Å². The summed E-state index contributed by atoms with van der Waals surface area (Å²) in [4.78, 5) is 0. The van der Waals surface area contributed by atoms with Gasteiger partial charge in [0.25, 0.3) is 0 Å². The summed E-state index contributed by atoms with van der Waals surface area (Å²) >= 11 is 0. The first-order valence-corrected chi connectivity index (χ1v) is 4.20. The first kappa shape index (κ1) is 11.2. The van der Waals surface area contributed by atoms with Gasteiger partial charge in [0.05, 0.1) is 0 Å². The lowest BCUT2D eigenvalue weighted by Gasteiger charge is -2.22. The third-order valence-electron chi connectivity index (χ3n) is 1.55. The highest BCUT2D eigenvalue weighted by Crippen LogP contribution is 2.25. The van der Waals surface area contributed by atoms with Gasteiger partial charge in [0.2, 0.25) is 0 Å². The Balaban J connectivity index is 4.67. The van der Waals surface area contributed by atoms with Crippen molar-refractivity contribution in [2.45, 2.75) is 27.7 Å². The summed E-state index contributed by atoms with van der Waals surface area (Å²) in [7, 11) is 1.83. The van der Waals surface area contributed by atoms with Crippen LogP contribution in [-0.4, -0.2) is 12.1 Å². The van der Waals surface area contributed by atoms with Crippen molar-refractivity contribution in [1.29, 1.82) is 0 Å². The average Bonchev–Trinajstić information content (AvgIpc) is 1.83. The quantitative estimate of drug-likeness (QED) is 0.389. The highest BCUT2D eigenvalue weighted by Gasteiger charge is 2.14. The van der Waals surface area contributed by atoms with Gasteiger partial charge in [-0.2, -0.15) is 0 Å². The van der Waals surface area contributed by atoms with Crippen LogP contribution in [0.5, 0.6) is 0 Å². The van der Waals surface area contributed by atoms with Crippen LogP contribution in [0.4, 0.5) is 0 Å². The van der Waals surface area contributed by atoms with Gasteiger partial charge in [0, 0.05) is 13.2 Å². The minimum Gasteiger partial charge on any atom is -0.321 e. The maximum absolute atomic E-state index is 5.54. The predicted octanol–water partition coefficient (Wildman–Crippen LogP) is 2.30. The molecule has 70 valence electrons. The van der Waals surface area contributed by atoms with E-state index >= 15 is 0 Å². The van der Waals surface area contributed by atoms with Gasteiger partial charge < -0.3 is 5.01 Å². The zero-order valence-electron chi connectivity index (χ0n) is 8.76. The number of hydrogen-bond acceptors (Lipinski definition) is 2. The normalized spacial score (nSPS) is 14.0. The first-order chi connectivity index (χ1) is 5.38. The summed E-state index contributed by atoms with van der Waals surface area (Å²) in [6.45, 7) is 8.52. The lowest BCUT2D eigenvalue weighted by molar-refractivity contribution is 0.448. The van der Waals surface area contributed by atoms with Crippen molar-refractivity contribution < 1.29 is 0 Å². The number of hydrogen-bond donors (Lipinski definition) is 1. The molecule has 0 unspecified atom stereocenters. The van der Waals surface area contributed by atoms with Gasteiger partial charge in [-0.05, 0) is 17.9 Å². The zero-order chi connectivity index (χ0) is 9.78. The first-order valence-electron chi connectivity index (χ1n) is 4.20. The van der Waals surface area contributed by atoms with Crippen LogP contribution in [-0.2, 0) is 0 Å². The van der Waals surface area contributed by atoms with E-state index < -0.39 is 0 Å². The molecule has 0 rings (SSSR count). The minimum atomic E-state index is 0.153. The zero-order valence-corrected chi connectivity index (χ0v) is 8.76. The second-order valence-electron chi connectivity index (χ2n) is 4.00. The molecule has 0 spiro atoms. The van der Waals surface area contributed by atoms with Crippen LogP contribution in [0, 0.1) is 5.41 Å². The summed E-state index contributed by atoms with van der Waals surface area (Å²) in [5, 5.41) is 1.58. The van der Waals surface area contributed by atoms with Crippen molar-refractivity contribution in [3.05, 3.63) is 23.9 Å². The Morgan fingerprint density at radius 2 is 1.83 bits per heavy atom. The second-order valence-corrected chi connectivity index (χ2v) is 4.00. The number of rotatable bonds is 2. The Hall–Kier alpha value is -0.760. The van der Waals surface area contributed by atoms with Crippen molar-refractivity contribution in [2.24, 2.45) is 11.3 Å². The monoisotopic (exact) mass is 168 g/mol. The van der Waals surface area contributed by atoms with E-state index in [1.54, 1.807) is 5.01 Å². The Morgan fingerprint density at radius 3 is 2.08 bits per heavy atom. The van der Waals surface area contributed by atoms with E-state index in [2.05, 4.69) is 26.8 Å². The SMILES string of the molecule is C/C=C\C(=C/N(C)N)C(C)(C)C. The third-order valence-corrected chi connectivity index (χ3v) is 1.55. The van der Waals surface area contributed by atoms with E-state index in [1.807, 2.05) is 26.2 Å². The molecule has 2 N–H and O–H groups in total. The number of hydrazine groups is 1. The molecule has 0 atom stereocenters. The molecule has 0 bridgehead atoms. The van der Waals surface area contributed by atoms with Crippen LogP contribution in [0.3, 0.4) is 0 Å². The van der Waals surface area contributed by atoms with Gasteiger partial charge >= 0.3 is 0 Å². The summed E-state index contributed by atoms with van der Waals surface area (Å²) in [6, 6.07) is 0. The van der Waals surface area contributed by atoms with Crippen LogP contribution < -0.4 is 5.84 Å². The maximum atomic E-state index is 5.54. The largest absolute Gasteiger partial charge is 0.321 e. The van der Waals surface area contributed by atoms with E-state index in [-0.39, 0.29) is 5.41 Å². The maximum Gasteiger partial charge on any atom is 0.0223 e. The Morgan fingerprint density at radius 1 is 1.33 bits per heavy atom. The van der Waals surface area contributed by atoms with E-state index in [9.17, 15) is 0 Å². The van der Waals surface area contributed by atoms with Crippen LogP contribution in [0.15, 0.2) is 23.9 Å². The minimum absolute atomic E-state index is 0.153. The molecule has 0 radical (unpaired) electrons. The fourth-order valence-corrected chi connectivity index (χ4v) is 0.886. The second kappa shape index (κ2) is 4.31. The van der Waals surface area contributed by atoms with Crippen LogP contribution in [0.25, 0.3) is 0 Å². The molecule has 0 aromatic carbocycles. The Kier molecular flexibility index (Phi) is 4.04. The van der Waals surface area contributed by atoms with Crippen molar-refractivity contribution in [1.82, 2.24) is 5.01 Å². The smallest absolute Gasteiger partial charge is 0.0223 e. The molecular weight excluding hydrogens is 148 g/mol. The van der Waals surface area contributed by atoms with Crippen LogP contribution in [0.2, 0.25) is 0 Å². The molecule has 0 aromatic rings. The third kappa shape index (κ3) is 4.19. The van der Waals surface area contributed by atoms with Crippen molar-refractivity contribution in [3.8, 4) is 0 Å².